The molecular weight excluding hydrogens is 320 g/mol. The summed E-state index contributed by atoms with van der Waals surface area (Å²) in [6.07, 6.45) is 11.4. The molecule has 1 rings (SSSR count). The molecule has 0 spiro atoms. The Kier molecular flexibility index (Phi) is 11.8. The Morgan fingerprint density at radius 1 is 1.00 bits per heavy atom. The number of aliphatic hydroxyl groups excluding tert-OH is 3. The Morgan fingerprint density at radius 2 is 1.64 bits per heavy atom. The number of hydrogen-bond donors (Lipinski definition) is 3. The molecule has 0 saturated heterocycles. The Morgan fingerprint density at radius 3 is 2.32 bits per heavy atom. The summed E-state index contributed by atoms with van der Waals surface area (Å²) in [5.41, 5.74) is 0. The number of hydrogen-bond acceptors (Lipinski definition) is 5. The van der Waals surface area contributed by atoms with Crippen LogP contribution >= 0.6 is 0 Å². The molecule has 5 heteroatoms. The Bertz CT molecular complexity index is 382. The first-order valence-corrected chi connectivity index (χ1v) is 9.92. The number of carbonyl (C=O) groups excluding carboxylic acids is 1. The van der Waals surface area contributed by atoms with Gasteiger partial charge in [0.1, 0.15) is 6.10 Å². The van der Waals surface area contributed by atoms with Gasteiger partial charge in [-0.15, -0.1) is 0 Å². The van der Waals surface area contributed by atoms with Crippen LogP contribution in [0.3, 0.4) is 0 Å². The SMILES string of the molecule is CCCCCCCCC[C@H](O)C[C@@H](O)C[C@H](O)C[C@@H]1CC=CC(=O)O1. The molecule has 0 unspecified atom stereocenters. The van der Waals surface area contributed by atoms with Gasteiger partial charge in [-0.3, -0.25) is 0 Å². The first kappa shape index (κ1) is 22.1. The van der Waals surface area contributed by atoms with Gasteiger partial charge in [0, 0.05) is 18.9 Å². The van der Waals surface area contributed by atoms with Crippen molar-refractivity contribution < 1.29 is 24.9 Å². The zero-order chi connectivity index (χ0) is 18.5. The Labute approximate surface area is 152 Å². The van der Waals surface area contributed by atoms with Crippen LogP contribution in [0.15, 0.2) is 12.2 Å². The second kappa shape index (κ2) is 13.3. The summed E-state index contributed by atoms with van der Waals surface area (Å²) in [5, 5.41) is 30.1. The van der Waals surface area contributed by atoms with Crippen LogP contribution in [0.1, 0.15) is 84.0 Å². The van der Waals surface area contributed by atoms with Crippen molar-refractivity contribution in [1.82, 2.24) is 0 Å². The maximum Gasteiger partial charge on any atom is 0.330 e. The molecule has 0 aromatic heterocycles. The highest BCUT2D eigenvalue weighted by Gasteiger charge is 2.22. The average molecular weight is 357 g/mol. The quantitative estimate of drug-likeness (QED) is 0.328. The minimum Gasteiger partial charge on any atom is -0.459 e. The molecule has 0 fully saturated rings. The van der Waals surface area contributed by atoms with E-state index in [2.05, 4.69) is 6.92 Å². The lowest BCUT2D eigenvalue weighted by molar-refractivity contribution is -0.145. The van der Waals surface area contributed by atoms with Crippen LogP contribution in [0.2, 0.25) is 0 Å². The normalized spacial score (nSPS) is 21.0. The first-order chi connectivity index (χ1) is 12.0. The highest BCUT2D eigenvalue weighted by atomic mass is 16.5. The smallest absolute Gasteiger partial charge is 0.330 e. The van der Waals surface area contributed by atoms with Gasteiger partial charge in [-0.2, -0.15) is 0 Å². The van der Waals surface area contributed by atoms with E-state index >= 15 is 0 Å². The molecular formula is C20H36O5. The minimum atomic E-state index is -0.732. The van der Waals surface area contributed by atoms with E-state index in [-0.39, 0.29) is 24.9 Å². The lowest BCUT2D eigenvalue weighted by Crippen LogP contribution is -2.28. The zero-order valence-electron chi connectivity index (χ0n) is 15.6. The molecule has 0 amide bonds. The summed E-state index contributed by atoms with van der Waals surface area (Å²) in [6.45, 7) is 2.21. The second-order valence-corrected chi connectivity index (χ2v) is 7.28. The van der Waals surface area contributed by atoms with Crippen LogP contribution in [0, 0.1) is 0 Å². The molecule has 0 aromatic rings. The van der Waals surface area contributed by atoms with Gasteiger partial charge in [0.05, 0.1) is 18.3 Å². The number of cyclic esters (lactones) is 1. The summed E-state index contributed by atoms with van der Waals surface area (Å²) in [5.74, 6) is -0.380. The van der Waals surface area contributed by atoms with Crippen LogP contribution in [-0.2, 0) is 9.53 Å². The molecule has 1 aliphatic rings. The summed E-state index contributed by atoms with van der Waals surface area (Å²) in [7, 11) is 0. The average Bonchev–Trinajstić information content (AvgIpc) is 2.53. The molecule has 0 saturated carbocycles. The van der Waals surface area contributed by atoms with Crippen LogP contribution in [0.5, 0.6) is 0 Å². The highest BCUT2D eigenvalue weighted by Crippen LogP contribution is 2.18. The molecule has 3 N–H and O–H groups in total. The van der Waals surface area contributed by atoms with Crippen molar-refractivity contribution in [2.24, 2.45) is 0 Å². The lowest BCUT2D eigenvalue weighted by atomic mass is 9.97. The molecule has 4 atom stereocenters. The number of esters is 1. The van der Waals surface area contributed by atoms with Gasteiger partial charge in [0.25, 0.3) is 0 Å². The fourth-order valence-corrected chi connectivity index (χ4v) is 3.29. The minimum absolute atomic E-state index is 0.200. The third-order valence-electron chi connectivity index (χ3n) is 4.70. The molecule has 5 nitrogen and oxygen atoms in total. The Balaban J connectivity index is 2.06. The number of aliphatic hydroxyl groups is 3. The van der Waals surface area contributed by atoms with E-state index in [0.717, 1.165) is 12.8 Å². The molecule has 25 heavy (non-hydrogen) atoms. The maximum absolute atomic E-state index is 11.1. The third kappa shape index (κ3) is 11.3. The fraction of sp³-hybridized carbons (Fsp3) is 0.850. The van der Waals surface area contributed by atoms with Gasteiger partial charge in [-0.1, -0.05) is 57.9 Å². The lowest BCUT2D eigenvalue weighted by Gasteiger charge is -2.23. The summed E-state index contributed by atoms with van der Waals surface area (Å²) in [4.78, 5) is 11.1. The number of ether oxygens (including phenoxy) is 1. The van der Waals surface area contributed by atoms with E-state index in [9.17, 15) is 20.1 Å². The third-order valence-corrected chi connectivity index (χ3v) is 4.70. The number of rotatable bonds is 14. The molecule has 0 aromatic carbocycles. The maximum atomic E-state index is 11.1. The van der Waals surface area contributed by atoms with E-state index in [1.54, 1.807) is 6.08 Å². The standard InChI is InChI=1S/C20H36O5/c1-2-3-4-5-6-7-8-10-16(21)13-17(22)14-18(23)15-19-11-9-12-20(24)25-19/h9,12,16-19,21-23H,2-8,10-11,13-15H2,1H3/t16-,17+,18-,19-/m0/s1. The van der Waals surface area contributed by atoms with Crippen molar-refractivity contribution in [3.8, 4) is 0 Å². The summed E-state index contributed by atoms with van der Waals surface area (Å²) < 4.78 is 5.10. The van der Waals surface area contributed by atoms with Gasteiger partial charge >= 0.3 is 5.97 Å². The number of unbranched alkanes of at least 4 members (excludes halogenated alkanes) is 6. The summed E-state index contributed by atoms with van der Waals surface area (Å²) >= 11 is 0. The number of carbonyl (C=O) groups is 1. The van der Waals surface area contributed by atoms with Crippen LogP contribution < -0.4 is 0 Å². The topological polar surface area (TPSA) is 87.0 Å². The first-order valence-electron chi connectivity index (χ1n) is 9.92. The molecule has 146 valence electrons. The van der Waals surface area contributed by atoms with E-state index in [1.165, 1.54) is 38.2 Å². The highest BCUT2D eigenvalue weighted by molar-refractivity contribution is 5.82. The molecule has 0 radical (unpaired) electrons. The molecule has 0 bridgehead atoms. The van der Waals surface area contributed by atoms with Crippen molar-refractivity contribution in [1.29, 1.82) is 0 Å². The Hall–Kier alpha value is -0.910. The predicted octanol–water partition coefficient (Wildman–Crippen LogP) is 3.25. The summed E-state index contributed by atoms with van der Waals surface area (Å²) in [6, 6.07) is 0. The van der Waals surface area contributed by atoms with Gasteiger partial charge in [-0.05, 0) is 19.3 Å². The van der Waals surface area contributed by atoms with Gasteiger partial charge in [0.15, 0.2) is 0 Å². The van der Waals surface area contributed by atoms with Crippen LogP contribution in [-0.4, -0.2) is 45.7 Å². The van der Waals surface area contributed by atoms with E-state index in [4.69, 9.17) is 4.74 Å². The van der Waals surface area contributed by atoms with Crippen molar-refractivity contribution in [3.63, 3.8) is 0 Å². The molecule has 0 aliphatic carbocycles. The van der Waals surface area contributed by atoms with E-state index < -0.39 is 18.3 Å². The second-order valence-electron chi connectivity index (χ2n) is 7.28. The van der Waals surface area contributed by atoms with Crippen LogP contribution in [0.25, 0.3) is 0 Å². The fourth-order valence-electron chi connectivity index (χ4n) is 3.29. The van der Waals surface area contributed by atoms with Crippen LogP contribution in [0.4, 0.5) is 0 Å². The van der Waals surface area contributed by atoms with Crippen molar-refractivity contribution in [2.45, 2.75) is 108 Å². The zero-order valence-corrected chi connectivity index (χ0v) is 15.6. The van der Waals surface area contributed by atoms with Crippen molar-refractivity contribution >= 4 is 5.97 Å². The molecule has 1 aliphatic heterocycles. The van der Waals surface area contributed by atoms with E-state index in [0.29, 0.717) is 19.3 Å². The van der Waals surface area contributed by atoms with Crippen molar-refractivity contribution in [3.05, 3.63) is 12.2 Å². The predicted molar refractivity (Wildman–Crippen MR) is 98.1 cm³/mol. The van der Waals surface area contributed by atoms with Crippen molar-refractivity contribution in [2.75, 3.05) is 0 Å². The largest absolute Gasteiger partial charge is 0.459 e. The van der Waals surface area contributed by atoms with E-state index in [1.807, 2.05) is 0 Å². The van der Waals surface area contributed by atoms with Gasteiger partial charge in [-0.25, -0.2) is 4.79 Å². The molecule has 1 heterocycles. The van der Waals surface area contributed by atoms with Gasteiger partial charge in [0.2, 0.25) is 0 Å². The monoisotopic (exact) mass is 356 g/mol. The van der Waals surface area contributed by atoms with Gasteiger partial charge < -0.3 is 20.1 Å².